The highest BCUT2D eigenvalue weighted by molar-refractivity contribution is 5.25. The van der Waals surface area contributed by atoms with Crippen LogP contribution in [0.2, 0.25) is 0 Å². The third-order valence-corrected chi connectivity index (χ3v) is 2.44. The molecule has 3 nitrogen and oxygen atoms in total. The average molecular weight is 209 g/mol. The molecule has 0 saturated heterocycles. The number of rotatable bonds is 5. The van der Waals surface area contributed by atoms with E-state index >= 15 is 0 Å². The van der Waals surface area contributed by atoms with Gasteiger partial charge in [0.2, 0.25) is 0 Å². The number of benzene rings is 1. The van der Waals surface area contributed by atoms with E-state index in [9.17, 15) is 0 Å². The minimum atomic E-state index is 0.0656. The minimum Gasteiger partial charge on any atom is -0.395 e. The fourth-order valence-electron chi connectivity index (χ4n) is 1.54. The fraction of sp³-hybridized carbons (Fsp3) is 0.500. The van der Waals surface area contributed by atoms with Gasteiger partial charge in [-0.1, -0.05) is 24.3 Å². The second-order valence-electron chi connectivity index (χ2n) is 3.88. The molecule has 3 N–H and O–H groups in total. The number of hydrogen-bond donors (Lipinski definition) is 3. The molecule has 0 radical (unpaired) electrons. The molecule has 15 heavy (non-hydrogen) atoms. The first kappa shape index (κ1) is 12.2. The Labute approximate surface area is 90.8 Å². The lowest BCUT2D eigenvalue weighted by atomic mass is 10.0. The highest BCUT2D eigenvalue weighted by Crippen LogP contribution is 2.14. The standard InChI is InChI=1S/C12H19NO2/c1-9(7-14)13-10(2)12-5-3-4-11(6-12)8-15/h3-6,9-10,13-15H,7-8H2,1-2H3/t9-,10?/m1/s1. The summed E-state index contributed by atoms with van der Waals surface area (Å²) in [5, 5.41) is 21.2. The van der Waals surface area contributed by atoms with Gasteiger partial charge in [-0.15, -0.1) is 0 Å². The summed E-state index contributed by atoms with van der Waals surface area (Å²) in [5.74, 6) is 0. The number of aliphatic hydroxyl groups is 2. The molecule has 0 aliphatic rings. The summed E-state index contributed by atoms with van der Waals surface area (Å²) in [6, 6.07) is 8.08. The lowest BCUT2D eigenvalue weighted by molar-refractivity contribution is 0.243. The first-order chi connectivity index (χ1) is 7.17. The third-order valence-electron chi connectivity index (χ3n) is 2.44. The van der Waals surface area contributed by atoms with E-state index in [4.69, 9.17) is 10.2 Å². The van der Waals surface area contributed by atoms with Crippen LogP contribution in [0.4, 0.5) is 0 Å². The lowest BCUT2D eigenvalue weighted by Crippen LogP contribution is -2.31. The first-order valence-electron chi connectivity index (χ1n) is 5.24. The molecule has 0 bridgehead atoms. The molecule has 0 amide bonds. The van der Waals surface area contributed by atoms with Crippen molar-refractivity contribution in [3.05, 3.63) is 35.4 Å². The van der Waals surface area contributed by atoms with Crippen molar-refractivity contribution < 1.29 is 10.2 Å². The lowest BCUT2D eigenvalue weighted by Gasteiger charge is -2.19. The summed E-state index contributed by atoms with van der Waals surface area (Å²) in [4.78, 5) is 0. The number of hydrogen-bond acceptors (Lipinski definition) is 3. The molecule has 1 rings (SSSR count). The summed E-state index contributed by atoms with van der Waals surface area (Å²) < 4.78 is 0. The molecule has 0 saturated carbocycles. The van der Waals surface area contributed by atoms with E-state index in [1.807, 2.05) is 38.1 Å². The van der Waals surface area contributed by atoms with Crippen molar-refractivity contribution >= 4 is 0 Å². The van der Waals surface area contributed by atoms with E-state index < -0.39 is 0 Å². The Bertz CT molecular complexity index is 301. The Morgan fingerprint density at radius 2 is 2.00 bits per heavy atom. The largest absolute Gasteiger partial charge is 0.395 e. The minimum absolute atomic E-state index is 0.0656. The van der Waals surface area contributed by atoms with E-state index in [1.54, 1.807) is 0 Å². The van der Waals surface area contributed by atoms with Crippen molar-refractivity contribution in [3.63, 3.8) is 0 Å². The summed E-state index contributed by atoms with van der Waals surface area (Å²) >= 11 is 0. The van der Waals surface area contributed by atoms with Crippen molar-refractivity contribution in [1.29, 1.82) is 0 Å². The van der Waals surface area contributed by atoms with Crippen LogP contribution in [-0.2, 0) is 6.61 Å². The third kappa shape index (κ3) is 3.63. The van der Waals surface area contributed by atoms with Crippen LogP contribution in [0.5, 0.6) is 0 Å². The van der Waals surface area contributed by atoms with Crippen molar-refractivity contribution in [1.82, 2.24) is 5.32 Å². The molecule has 1 aromatic carbocycles. The topological polar surface area (TPSA) is 52.5 Å². The molecule has 0 aliphatic heterocycles. The van der Waals surface area contributed by atoms with Crippen LogP contribution in [0.3, 0.4) is 0 Å². The quantitative estimate of drug-likeness (QED) is 0.683. The number of nitrogens with one attached hydrogen (secondary N) is 1. The van der Waals surface area contributed by atoms with Gasteiger partial charge in [0.1, 0.15) is 0 Å². The van der Waals surface area contributed by atoms with Crippen molar-refractivity contribution in [2.24, 2.45) is 0 Å². The van der Waals surface area contributed by atoms with Gasteiger partial charge in [0.15, 0.2) is 0 Å². The molecule has 3 heteroatoms. The smallest absolute Gasteiger partial charge is 0.0681 e. The predicted molar refractivity (Wildman–Crippen MR) is 60.5 cm³/mol. The molecule has 0 aliphatic carbocycles. The van der Waals surface area contributed by atoms with Crippen LogP contribution in [0.1, 0.15) is 31.0 Å². The van der Waals surface area contributed by atoms with E-state index in [-0.39, 0.29) is 25.3 Å². The Hall–Kier alpha value is -0.900. The number of aliphatic hydroxyl groups excluding tert-OH is 2. The molecule has 84 valence electrons. The van der Waals surface area contributed by atoms with Crippen molar-refractivity contribution in [3.8, 4) is 0 Å². The van der Waals surface area contributed by atoms with E-state index in [0.29, 0.717) is 0 Å². The summed E-state index contributed by atoms with van der Waals surface area (Å²) in [6.45, 7) is 4.18. The van der Waals surface area contributed by atoms with Crippen LogP contribution >= 0.6 is 0 Å². The molecule has 0 heterocycles. The van der Waals surface area contributed by atoms with Gasteiger partial charge in [0.05, 0.1) is 13.2 Å². The maximum Gasteiger partial charge on any atom is 0.0681 e. The van der Waals surface area contributed by atoms with Crippen LogP contribution < -0.4 is 5.32 Å². The van der Waals surface area contributed by atoms with Gasteiger partial charge in [0.25, 0.3) is 0 Å². The van der Waals surface area contributed by atoms with E-state index in [0.717, 1.165) is 11.1 Å². The zero-order valence-electron chi connectivity index (χ0n) is 9.27. The zero-order chi connectivity index (χ0) is 11.3. The van der Waals surface area contributed by atoms with Gasteiger partial charge in [0, 0.05) is 12.1 Å². The fourth-order valence-corrected chi connectivity index (χ4v) is 1.54. The molecule has 1 unspecified atom stereocenters. The SMILES string of the molecule is CC(N[C@H](C)CO)c1cccc(CO)c1. The maximum atomic E-state index is 9.01. The Morgan fingerprint density at radius 1 is 1.27 bits per heavy atom. The molecule has 0 spiro atoms. The van der Waals surface area contributed by atoms with Crippen molar-refractivity contribution in [2.45, 2.75) is 32.5 Å². The Morgan fingerprint density at radius 3 is 2.60 bits per heavy atom. The average Bonchev–Trinajstić information content (AvgIpc) is 2.28. The molecule has 0 aromatic heterocycles. The van der Waals surface area contributed by atoms with Gasteiger partial charge in [-0.25, -0.2) is 0 Å². The maximum absolute atomic E-state index is 9.01. The molecule has 1 aromatic rings. The van der Waals surface area contributed by atoms with Crippen molar-refractivity contribution in [2.75, 3.05) is 6.61 Å². The normalized spacial score (nSPS) is 14.9. The second kappa shape index (κ2) is 5.85. The zero-order valence-corrected chi connectivity index (χ0v) is 9.27. The summed E-state index contributed by atoms with van der Waals surface area (Å²) in [6.07, 6.45) is 0. The highest BCUT2D eigenvalue weighted by atomic mass is 16.3. The Kier molecular flexibility index (Phi) is 4.75. The molecular formula is C12H19NO2. The predicted octanol–water partition coefficient (Wildman–Crippen LogP) is 1.21. The summed E-state index contributed by atoms with van der Waals surface area (Å²) in [7, 11) is 0. The molecule has 2 atom stereocenters. The van der Waals surface area contributed by atoms with Gasteiger partial charge in [-0.3, -0.25) is 0 Å². The van der Waals surface area contributed by atoms with Gasteiger partial charge >= 0.3 is 0 Å². The molecular weight excluding hydrogens is 190 g/mol. The van der Waals surface area contributed by atoms with Crippen LogP contribution in [0.25, 0.3) is 0 Å². The summed E-state index contributed by atoms with van der Waals surface area (Å²) in [5.41, 5.74) is 2.04. The Balaban J connectivity index is 2.68. The van der Waals surface area contributed by atoms with Crippen LogP contribution in [0.15, 0.2) is 24.3 Å². The van der Waals surface area contributed by atoms with Gasteiger partial charge < -0.3 is 15.5 Å². The first-order valence-corrected chi connectivity index (χ1v) is 5.24. The van der Waals surface area contributed by atoms with Gasteiger partial charge in [-0.05, 0) is 25.0 Å². The van der Waals surface area contributed by atoms with E-state index in [2.05, 4.69) is 5.32 Å². The van der Waals surface area contributed by atoms with E-state index in [1.165, 1.54) is 0 Å². The van der Waals surface area contributed by atoms with Gasteiger partial charge in [-0.2, -0.15) is 0 Å². The monoisotopic (exact) mass is 209 g/mol. The highest BCUT2D eigenvalue weighted by Gasteiger charge is 2.08. The van der Waals surface area contributed by atoms with Crippen LogP contribution in [0, 0.1) is 0 Å². The van der Waals surface area contributed by atoms with Crippen LogP contribution in [-0.4, -0.2) is 22.9 Å². The molecule has 0 fully saturated rings. The second-order valence-corrected chi connectivity index (χ2v) is 3.88.